The molecule has 0 aliphatic carbocycles. The van der Waals surface area contributed by atoms with E-state index in [1.165, 1.54) is 6.08 Å². The molecule has 0 radical (unpaired) electrons. The minimum atomic E-state index is -0.459. The van der Waals surface area contributed by atoms with Crippen molar-refractivity contribution in [1.29, 1.82) is 0 Å². The van der Waals surface area contributed by atoms with E-state index >= 15 is 0 Å². The zero-order valence-electron chi connectivity index (χ0n) is 12.1. The van der Waals surface area contributed by atoms with E-state index in [1.54, 1.807) is 6.08 Å². The van der Waals surface area contributed by atoms with Crippen molar-refractivity contribution < 1.29 is 14.3 Å². The molecule has 0 unspecified atom stereocenters. The number of hydrogen-bond acceptors (Lipinski definition) is 3. The van der Waals surface area contributed by atoms with E-state index in [1.807, 2.05) is 45.0 Å². The SMILES string of the molecule is CCCOc1ccc(C=CC(=O)OC(C)(C)C)cc1. The maximum absolute atomic E-state index is 11.5. The third-order valence-corrected chi connectivity index (χ3v) is 2.17. The quantitative estimate of drug-likeness (QED) is 0.597. The van der Waals surface area contributed by atoms with Crippen LogP contribution in [-0.2, 0) is 9.53 Å². The summed E-state index contributed by atoms with van der Waals surface area (Å²) in [6, 6.07) is 7.60. The van der Waals surface area contributed by atoms with Gasteiger partial charge in [0, 0.05) is 6.08 Å². The molecule has 3 nitrogen and oxygen atoms in total. The molecule has 0 saturated carbocycles. The molecule has 0 saturated heterocycles. The first-order valence-electron chi connectivity index (χ1n) is 6.54. The minimum Gasteiger partial charge on any atom is -0.494 e. The van der Waals surface area contributed by atoms with Crippen LogP contribution in [0.5, 0.6) is 5.75 Å². The van der Waals surface area contributed by atoms with Gasteiger partial charge in [-0.05, 0) is 51.0 Å². The van der Waals surface area contributed by atoms with Crippen molar-refractivity contribution in [1.82, 2.24) is 0 Å². The van der Waals surface area contributed by atoms with Crippen molar-refractivity contribution in [3.63, 3.8) is 0 Å². The molecule has 1 rings (SSSR count). The Morgan fingerprint density at radius 1 is 1.21 bits per heavy atom. The molecule has 104 valence electrons. The molecule has 0 aromatic heterocycles. The first-order chi connectivity index (χ1) is 8.90. The molecular formula is C16H22O3. The van der Waals surface area contributed by atoms with E-state index in [2.05, 4.69) is 6.92 Å². The molecule has 1 aromatic rings. The summed E-state index contributed by atoms with van der Waals surface area (Å²) in [4.78, 5) is 11.5. The van der Waals surface area contributed by atoms with Crippen LogP contribution in [0.3, 0.4) is 0 Å². The van der Waals surface area contributed by atoms with Crippen molar-refractivity contribution in [2.45, 2.75) is 39.7 Å². The van der Waals surface area contributed by atoms with Gasteiger partial charge in [-0.25, -0.2) is 4.79 Å². The summed E-state index contributed by atoms with van der Waals surface area (Å²) in [5, 5.41) is 0. The maximum atomic E-state index is 11.5. The summed E-state index contributed by atoms with van der Waals surface area (Å²) in [6.07, 6.45) is 4.16. The molecule has 19 heavy (non-hydrogen) atoms. The van der Waals surface area contributed by atoms with Gasteiger partial charge in [0.05, 0.1) is 6.61 Å². The predicted octanol–water partition coefficient (Wildman–Crippen LogP) is 3.83. The van der Waals surface area contributed by atoms with Crippen molar-refractivity contribution >= 4 is 12.0 Å². The molecule has 0 heterocycles. The largest absolute Gasteiger partial charge is 0.494 e. The van der Waals surface area contributed by atoms with Gasteiger partial charge in [-0.1, -0.05) is 19.1 Å². The molecule has 0 aliphatic heterocycles. The standard InChI is InChI=1S/C16H22O3/c1-5-12-18-14-9-6-13(7-10-14)8-11-15(17)19-16(2,3)4/h6-11H,5,12H2,1-4H3. The lowest BCUT2D eigenvalue weighted by Crippen LogP contribution is -2.22. The van der Waals surface area contributed by atoms with Gasteiger partial charge in [0.2, 0.25) is 0 Å². The fraction of sp³-hybridized carbons (Fsp3) is 0.438. The molecule has 0 spiro atoms. The molecule has 3 heteroatoms. The molecule has 0 atom stereocenters. The Bertz CT molecular complexity index is 424. The number of hydrogen-bond donors (Lipinski definition) is 0. The van der Waals surface area contributed by atoms with Crippen molar-refractivity contribution in [2.24, 2.45) is 0 Å². The summed E-state index contributed by atoms with van der Waals surface area (Å²) < 4.78 is 10.7. The van der Waals surface area contributed by atoms with Crippen LogP contribution >= 0.6 is 0 Å². The number of ether oxygens (including phenoxy) is 2. The number of rotatable bonds is 5. The van der Waals surface area contributed by atoms with Gasteiger partial charge in [0.15, 0.2) is 0 Å². The molecule has 0 bridgehead atoms. The lowest BCUT2D eigenvalue weighted by molar-refractivity contribution is -0.148. The van der Waals surface area contributed by atoms with E-state index in [-0.39, 0.29) is 5.97 Å². The number of esters is 1. The van der Waals surface area contributed by atoms with Crippen LogP contribution in [-0.4, -0.2) is 18.2 Å². The summed E-state index contributed by atoms with van der Waals surface area (Å²) in [6.45, 7) is 8.32. The van der Waals surface area contributed by atoms with Crippen LogP contribution in [0.2, 0.25) is 0 Å². The highest BCUT2D eigenvalue weighted by molar-refractivity contribution is 5.87. The first kappa shape index (κ1) is 15.3. The Morgan fingerprint density at radius 3 is 2.37 bits per heavy atom. The van der Waals surface area contributed by atoms with Crippen LogP contribution in [0.25, 0.3) is 6.08 Å². The lowest BCUT2D eigenvalue weighted by atomic mass is 10.2. The summed E-state index contributed by atoms with van der Waals surface area (Å²) >= 11 is 0. The highest BCUT2D eigenvalue weighted by Crippen LogP contribution is 2.14. The summed E-state index contributed by atoms with van der Waals surface area (Å²) in [7, 11) is 0. The maximum Gasteiger partial charge on any atom is 0.331 e. The second-order valence-corrected chi connectivity index (χ2v) is 5.28. The molecule has 1 aromatic carbocycles. The summed E-state index contributed by atoms with van der Waals surface area (Å²) in [5.41, 5.74) is 0.480. The van der Waals surface area contributed by atoms with Gasteiger partial charge in [0.1, 0.15) is 11.4 Å². The Labute approximate surface area is 115 Å². The lowest BCUT2D eigenvalue weighted by Gasteiger charge is -2.17. The zero-order chi connectivity index (χ0) is 14.3. The number of carbonyl (C=O) groups excluding carboxylic acids is 1. The van der Waals surface area contributed by atoms with Crippen LogP contribution < -0.4 is 4.74 Å². The fourth-order valence-corrected chi connectivity index (χ4v) is 1.40. The van der Waals surface area contributed by atoms with E-state index in [0.717, 1.165) is 17.7 Å². The Hall–Kier alpha value is -1.77. The average Bonchev–Trinajstić information content (AvgIpc) is 2.33. The first-order valence-corrected chi connectivity index (χ1v) is 6.54. The average molecular weight is 262 g/mol. The van der Waals surface area contributed by atoms with Crippen molar-refractivity contribution in [2.75, 3.05) is 6.61 Å². The Balaban J connectivity index is 2.55. The van der Waals surface area contributed by atoms with Gasteiger partial charge >= 0.3 is 5.97 Å². The van der Waals surface area contributed by atoms with E-state index < -0.39 is 5.60 Å². The third kappa shape index (κ3) is 6.65. The Morgan fingerprint density at radius 2 is 1.84 bits per heavy atom. The van der Waals surface area contributed by atoms with E-state index in [9.17, 15) is 4.79 Å². The normalized spacial score (nSPS) is 11.6. The second kappa shape index (κ2) is 6.98. The van der Waals surface area contributed by atoms with Crippen LogP contribution in [0.4, 0.5) is 0 Å². The smallest absolute Gasteiger partial charge is 0.331 e. The van der Waals surface area contributed by atoms with E-state index in [4.69, 9.17) is 9.47 Å². The molecule has 0 aliphatic rings. The van der Waals surface area contributed by atoms with Crippen molar-refractivity contribution in [3.8, 4) is 5.75 Å². The van der Waals surface area contributed by atoms with Crippen LogP contribution in [0.1, 0.15) is 39.7 Å². The third-order valence-electron chi connectivity index (χ3n) is 2.17. The highest BCUT2D eigenvalue weighted by Gasteiger charge is 2.13. The van der Waals surface area contributed by atoms with Gasteiger partial charge in [-0.15, -0.1) is 0 Å². The van der Waals surface area contributed by atoms with Gasteiger partial charge < -0.3 is 9.47 Å². The van der Waals surface area contributed by atoms with Gasteiger partial charge in [0.25, 0.3) is 0 Å². The molecular weight excluding hydrogens is 240 g/mol. The summed E-state index contributed by atoms with van der Waals surface area (Å²) in [5.74, 6) is 0.509. The monoisotopic (exact) mass is 262 g/mol. The van der Waals surface area contributed by atoms with Crippen LogP contribution in [0, 0.1) is 0 Å². The van der Waals surface area contributed by atoms with Crippen LogP contribution in [0.15, 0.2) is 30.3 Å². The topological polar surface area (TPSA) is 35.5 Å². The van der Waals surface area contributed by atoms with Crippen molar-refractivity contribution in [3.05, 3.63) is 35.9 Å². The zero-order valence-corrected chi connectivity index (χ0v) is 12.1. The predicted molar refractivity (Wildman–Crippen MR) is 77.1 cm³/mol. The second-order valence-electron chi connectivity index (χ2n) is 5.28. The fourth-order valence-electron chi connectivity index (χ4n) is 1.40. The number of benzene rings is 1. The molecule has 0 N–H and O–H groups in total. The molecule has 0 amide bonds. The Kier molecular flexibility index (Phi) is 5.61. The number of carbonyl (C=O) groups is 1. The van der Waals surface area contributed by atoms with Gasteiger partial charge in [-0.2, -0.15) is 0 Å². The molecule has 0 fully saturated rings. The minimum absolute atomic E-state index is 0.334. The van der Waals surface area contributed by atoms with E-state index in [0.29, 0.717) is 6.61 Å². The van der Waals surface area contributed by atoms with Gasteiger partial charge in [-0.3, -0.25) is 0 Å². The highest BCUT2D eigenvalue weighted by atomic mass is 16.6.